The number of carboxylic acids is 1. The fourth-order valence-corrected chi connectivity index (χ4v) is 7.32. The van der Waals surface area contributed by atoms with Gasteiger partial charge in [-0.2, -0.15) is 0 Å². The number of hydrogen-bond donors (Lipinski definition) is 4. The molecule has 1 aliphatic rings. The Balaban J connectivity index is 1.65. The Morgan fingerprint density at radius 3 is 2.06 bits per heavy atom. The number of carbonyl (C=O) groups is 3. The van der Waals surface area contributed by atoms with Crippen LogP contribution < -0.4 is 41.3 Å². The molecular formula is C35H43N5O5S2. The Hall–Kier alpha value is -4.13. The lowest BCUT2D eigenvalue weighted by atomic mass is 9.90. The summed E-state index contributed by atoms with van der Waals surface area (Å²) in [6.07, 6.45) is 2.89. The van der Waals surface area contributed by atoms with Crippen molar-refractivity contribution >= 4 is 62.9 Å². The van der Waals surface area contributed by atoms with Gasteiger partial charge in [-0.25, -0.2) is 0 Å². The number of rotatable bonds is 14. The van der Waals surface area contributed by atoms with Crippen LogP contribution in [-0.4, -0.2) is 81.7 Å². The van der Waals surface area contributed by atoms with Gasteiger partial charge in [-0.3, -0.25) is 14.4 Å². The first-order valence-corrected chi connectivity index (χ1v) is 17.9. The number of hydrogen-bond acceptors (Lipinski definition) is 9. The molecule has 47 heavy (non-hydrogen) atoms. The number of ether oxygens (including phenoxy) is 1. The Morgan fingerprint density at radius 1 is 0.936 bits per heavy atom. The van der Waals surface area contributed by atoms with E-state index in [0.29, 0.717) is 19.4 Å². The van der Waals surface area contributed by atoms with Gasteiger partial charge in [0.2, 0.25) is 11.8 Å². The lowest BCUT2D eigenvalue weighted by Gasteiger charge is -2.26. The fraction of sp³-hybridized carbons (Fsp3) is 0.343. The lowest BCUT2D eigenvalue weighted by molar-refractivity contribution is -0.138. The molecule has 2 atom stereocenters. The molecule has 0 saturated carbocycles. The van der Waals surface area contributed by atoms with E-state index in [1.165, 1.54) is 0 Å². The second kappa shape index (κ2) is 16.1. The number of nitrogens with one attached hydrogen (secondary N) is 2. The van der Waals surface area contributed by atoms with Crippen LogP contribution in [0, 0.1) is 0 Å². The van der Waals surface area contributed by atoms with E-state index in [-0.39, 0.29) is 17.6 Å². The van der Waals surface area contributed by atoms with E-state index in [2.05, 4.69) is 41.5 Å². The van der Waals surface area contributed by atoms with Crippen LogP contribution in [0.25, 0.3) is 12.2 Å². The minimum atomic E-state index is -1.16. The molecule has 0 aromatic heterocycles. The number of fused-ring (bicyclic) bond motifs is 2. The molecule has 0 bridgehead atoms. The number of benzene rings is 3. The monoisotopic (exact) mass is 677 g/mol. The third kappa shape index (κ3) is 9.03. The van der Waals surface area contributed by atoms with E-state index in [1.807, 2.05) is 74.6 Å². The van der Waals surface area contributed by atoms with Crippen LogP contribution in [0.4, 0.5) is 11.4 Å². The Labute approximate surface area is 283 Å². The first kappa shape index (κ1) is 35.7. The number of amides is 2. The highest BCUT2D eigenvalue weighted by molar-refractivity contribution is 8.76. The molecule has 5 N–H and O–H groups in total. The molecule has 0 fully saturated rings. The predicted octanol–water partition coefficient (Wildman–Crippen LogP) is 2.93. The summed E-state index contributed by atoms with van der Waals surface area (Å²) < 4.78 is 6.45. The van der Waals surface area contributed by atoms with Crippen molar-refractivity contribution in [3.05, 3.63) is 81.7 Å². The van der Waals surface area contributed by atoms with Crippen molar-refractivity contribution in [2.45, 2.75) is 30.6 Å². The third-order valence-electron chi connectivity index (χ3n) is 7.86. The Morgan fingerprint density at radius 2 is 1.55 bits per heavy atom. The number of aliphatic carboxylic acids is 1. The molecule has 0 radical (unpaired) electrons. The van der Waals surface area contributed by atoms with Gasteiger partial charge in [-0.15, -0.1) is 0 Å². The summed E-state index contributed by atoms with van der Waals surface area (Å²) in [5.41, 5.74) is 11.5. The van der Waals surface area contributed by atoms with E-state index in [0.717, 1.165) is 55.6 Å². The average molecular weight is 678 g/mol. The molecule has 250 valence electrons. The summed E-state index contributed by atoms with van der Waals surface area (Å²) in [7, 11) is 11.2. The highest BCUT2D eigenvalue weighted by Gasteiger charge is 2.25. The molecule has 3 aromatic rings. The maximum absolute atomic E-state index is 13.2. The van der Waals surface area contributed by atoms with Crippen LogP contribution in [-0.2, 0) is 20.8 Å². The summed E-state index contributed by atoms with van der Waals surface area (Å²) >= 11 is 0. The van der Waals surface area contributed by atoms with Crippen LogP contribution in [0.3, 0.4) is 0 Å². The molecule has 4 rings (SSSR count). The van der Waals surface area contributed by atoms with E-state index < -0.39 is 24.5 Å². The second-order valence-electron chi connectivity index (χ2n) is 11.7. The van der Waals surface area contributed by atoms with Crippen molar-refractivity contribution in [3.8, 4) is 11.5 Å². The zero-order chi connectivity index (χ0) is 34.2. The SMILES string of the molecule is C=c1cc(CC(=O)NC(CCC(CN)SSC)C(=O)NCC(=O)O)ccc1=C1c2ccc(N(C)C)cc2Oc2cc(N(C)C)ccc21. The maximum Gasteiger partial charge on any atom is 0.322 e. The van der Waals surface area contributed by atoms with E-state index in [4.69, 9.17) is 15.6 Å². The summed E-state index contributed by atoms with van der Waals surface area (Å²) in [5.74, 6) is -0.554. The number of nitrogens with two attached hydrogens (primary N) is 1. The van der Waals surface area contributed by atoms with Gasteiger partial charge in [0.15, 0.2) is 0 Å². The summed E-state index contributed by atoms with van der Waals surface area (Å²) in [5, 5.41) is 16.0. The quantitative estimate of drug-likeness (QED) is 0.148. The van der Waals surface area contributed by atoms with Gasteiger partial charge < -0.3 is 36.0 Å². The minimum absolute atomic E-state index is 0.0232. The van der Waals surface area contributed by atoms with Gasteiger partial charge in [0.1, 0.15) is 24.1 Å². The van der Waals surface area contributed by atoms with Crippen molar-refractivity contribution in [1.29, 1.82) is 0 Å². The zero-order valence-corrected chi connectivity index (χ0v) is 29.1. The average Bonchev–Trinajstić information content (AvgIpc) is 3.03. The maximum atomic E-state index is 13.2. The molecule has 12 heteroatoms. The van der Waals surface area contributed by atoms with Gasteiger partial charge in [-0.05, 0) is 59.4 Å². The smallest absolute Gasteiger partial charge is 0.322 e. The topological polar surface area (TPSA) is 137 Å². The molecule has 2 unspecified atom stereocenters. The van der Waals surface area contributed by atoms with Gasteiger partial charge in [-0.1, -0.05) is 46.4 Å². The fourth-order valence-electron chi connectivity index (χ4n) is 5.39. The number of carboxylic acid groups (broad SMARTS) is 1. The van der Waals surface area contributed by atoms with Crippen molar-refractivity contribution in [2.75, 3.05) is 57.3 Å². The standard InChI is InChI=1S/C35H43N5O5S2/c1-21-15-22(16-32(41)38-29(35(44)37-20-33(42)43)14-10-25(19-36)47-46-6)7-11-26(21)34-27-12-8-23(39(2)3)17-30(27)45-31-18-24(40(4)5)9-13-28(31)34/h7-9,11-13,15,17-18,25,29H,1,10,14,16,19-20,36H2,2-6H3,(H,37,44)(H,38,41)(H,42,43). The molecule has 10 nitrogen and oxygen atoms in total. The molecule has 2 amide bonds. The van der Waals surface area contributed by atoms with Gasteiger partial charge in [0.25, 0.3) is 0 Å². The van der Waals surface area contributed by atoms with Gasteiger partial charge in [0, 0.05) is 80.2 Å². The number of anilines is 2. The van der Waals surface area contributed by atoms with Crippen LogP contribution in [0.15, 0.2) is 54.6 Å². The van der Waals surface area contributed by atoms with Gasteiger partial charge >= 0.3 is 5.97 Å². The summed E-state index contributed by atoms with van der Waals surface area (Å²) in [6.45, 7) is 4.26. The lowest BCUT2D eigenvalue weighted by Crippen LogP contribution is -2.48. The van der Waals surface area contributed by atoms with E-state index >= 15 is 0 Å². The van der Waals surface area contributed by atoms with Crippen molar-refractivity contribution in [3.63, 3.8) is 0 Å². The zero-order valence-electron chi connectivity index (χ0n) is 27.5. The van der Waals surface area contributed by atoms with Crippen LogP contribution in [0.1, 0.15) is 29.5 Å². The summed E-state index contributed by atoms with van der Waals surface area (Å²) in [6, 6.07) is 17.2. The first-order chi connectivity index (χ1) is 22.4. The summed E-state index contributed by atoms with van der Waals surface area (Å²) in [4.78, 5) is 41.1. The first-order valence-electron chi connectivity index (χ1n) is 15.2. The highest BCUT2D eigenvalue weighted by atomic mass is 33.1. The van der Waals surface area contributed by atoms with Crippen molar-refractivity contribution in [2.24, 2.45) is 5.73 Å². The molecular weight excluding hydrogens is 635 g/mol. The predicted molar refractivity (Wildman–Crippen MR) is 194 cm³/mol. The number of nitrogens with zero attached hydrogens (tertiary/aromatic N) is 2. The molecule has 3 aromatic carbocycles. The highest BCUT2D eigenvalue weighted by Crippen LogP contribution is 2.44. The Bertz CT molecular complexity index is 1690. The van der Waals surface area contributed by atoms with Crippen molar-refractivity contribution in [1.82, 2.24) is 10.6 Å². The molecule has 0 aliphatic carbocycles. The van der Waals surface area contributed by atoms with Crippen LogP contribution >= 0.6 is 21.6 Å². The normalized spacial score (nSPS) is 13.0. The Kier molecular flexibility index (Phi) is 12.3. The van der Waals surface area contributed by atoms with Crippen LogP contribution in [0.2, 0.25) is 0 Å². The molecule has 1 heterocycles. The van der Waals surface area contributed by atoms with Crippen LogP contribution in [0.5, 0.6) is 11.5 Å². The van der Waals surface area contributed by atoms with Gasteiger partial charge in [0.05, 0.1) is 6.42 Å². The largest absolute Gasteiger partial charge is 0.480 e. The second-order valence-corrected chi connectivity index (χ2v) is 14.5. The molecule has 0 spiro atoms. The number of carbonyl (C=O) groups excluding carboxylic acids is 2. The molecule has 0 saturated heterocycles. The third-order valence-corrected chi connectivity index (χ3v) is 10.2. The van der Waals surface area contributed by atoms with E-state index in [9.17, 15) is 14.4 Å². The molecule has 1 aliphatic heterocycles. The minimum Gasteiger partial charge on any atom is -0.480 e. The van der Waals surface area contributed by atoms with E-state index in [1.54, 1.807) is 21.6 Å². The van der Waals surface area contributed by atoms with Crippen molar-refractivity contribution < 1.29 is 24.2 Å².